The third-order valence-electron chi connectivity index (χ3n) is 12.8. The van der Waals surface area contributed by atoms with Crippen LogP contribution in [0.4, 0.5) is 0 Å². The van der Waals surface area contributed by atoms with E-state index in [1.807, 2.05) is 0 Å². The van der Waals surface area contributed by atoms with Crippen LogP contribution in [0.2, 0.25) is 0 Å². The summed E-state index contributed by atoms with van der Waals surface area (Å²) in [5, 5.41) is 0. The van der Waals surface area contributed by atoms with Gasteiger partial charge in [0, 0.05) is 19.3 Å². The van der Waals surface area contributed by atoms with Gasteiger partial charge in [0.1, 0.15) is 13.2 Å². The van der Waals surface area contributed by atoms with Crippen molar-refractivity contribution in [2.45, 2.75) is 322 Å². The molecule has 372 valence electrons. The van der Waals surface area contributed by atoms with Crippen LogP contribution in [0.5, 0.6) is 0 Å². The minimum atomic E-state index is -0.768. The predicted molar refractivity (Wildman–Crippen MR) is 270 cm³/mol. The maximum absolute atomic E-state index is 12.8. The van der Waals surface area contributed by atoms with Crippen molar-refractivity contribution in [1.82, 2.24) is 0 Å². The van der Waals surface area contributed by atoms with E-state index in [9.17, 15) is 14.4 Å². The molecular weight excluding hydrogens is 781 g/mol. The molecule has 0 N–H and O–H groups in total. The third kappa shape index (κ3) is 51.0. The van der Waals surface area contributed by atoms with Crippen LogP contribution < -0.4 is 0 Å². The van der Waals surface area contributed by atoms with Gasteiger partial charge in [-0.25, -0.2) is 0 Å². The molecule has 0 rings (SSSR count). The van der Waals surface area contributed by atoms with Crippen molar-refractivity contribution in [3.05, 3.63) is 12.2 Å². The maximum Gasteiger partial charge on any atom is 0.306 e. The van der Waals surface area contributed by atoms with Gasteiger partial charge in [0.05, 0.1) is 0 Å². The van der Waals surface area contributed by atoms with Crippen LogP contribution in [0.25, 0.3) is 0 Å². The Balaban J connectivity index is 4.31. The van der Waals surface area contributed by atoms with Gasteiger partial charge in [0.2, 0.25) is 0 Å². The average molecular weight is 889 g/mol. The monoisotopic (exact) mass is 889 g/mol. The summed E-state index contributed by atoms with van der Waals surface area (Å²) in [5.41, 5.74) is 0. The first-order chi connectivity index (χ1) is 31.0. The van der Waals surface area contributed by atoms with Gasteiger partial charge >= 0.3 is 17.9 Å². The lowest BCUT2D eigenvalue weighted by Crippen LogP contribution is -2.30. The van der Waals surface area contributed by atoms with E-state index in [0.717, 1.165) is 64.2 Å². The van der Waals surface area contributed by atoms with Gasteiger partial charge in [-0.2, -0.15) is 0 Å². The van der Waals surface area contributed by atoms with Crippen molar-refractivity contribution >= 4 is 17.9 Å². The third-order valence-corrected chi connectivity index (χ3v) is 12.8. The molecule has 0 aromatic heterocycles. The largest absolute Gasteiger partial charge is 0.462 e. The van der Waals surface area contributed by atoms with Crippen molar-refractivity contribution in [3.8, 4) is 0 Å². The highest BCUT2D eigenvalue weighted by atomic mass is 16.6. The normalized spacial score (nSPS) is 12.0. The van der Waals surface area contributed by atoms with Crippen molar-refractivity contribution in [2.24, 2.45) is 0 Å². The summed E-state index contributed by atoms with van der Waals surface area (Å²) in [6, 6.07) is 0. The molecule has 0 saturated heterocycles. The lowest BCUT2D eigenvalue weighted by Gasteiger charge is -2.18. The highest BCUT2D eigenvalue weighted by Gasteiger charge is 2.19. The second kappa shape index (κ2) is 52.8. The maximum atomic E-state index is 12.8. The zero-order chi connectivity index (χ0) is 45.8. The predicted octanol–water partition coefficient (Wildman–Crippen LogP) is 18.5. The Hall–Kier alpha value is -1.85. The van der Waals surface area contributed by atoms with Crippen LogP contribution in [0.3, 0.4) is 0 Å². The van der Waals surface area contributed by atoms with E-state index >= 15 is 0 Å². The minimum absolute atomic E-state index is 0.0675. The van der Waals surface area contributed by atoms with E-state index < -0.39 is 6.10 Å². The SMILES string of the molecule is CCCCCCC/C=C\CCCCCCCC(=O)O[C@H](COC(=O)CCCCCCCCCCCCCCCC)COC(=O)CCCCCCCCCCCCCCCCCCC. The highest BCUT2D eigenvalue weighted by molar-refractivity contribution is 5.71. The van der Waals surface area contributed by atoms with Crippen LogP contribution in [-0.2, 0) is 28.6 Å². The Morgan fingerprint density at radius 1 is 0.302 bits per heavy atom. The van der Waals surface area contributed by atoms with Crippen LogP contribution in [0.1, 0.15) is 316 Å². The van der Waals surface area contributed by atoms with E-state index in [2.05, 4.69) is 32.9 Å². The first-order valence-electron chi connectivity index (χ1n) is 28.2. The first kappa shape index (κ1) is 61.1. The Labute approximate surface area is 392 Å². The number of unbranched alkanes of at least 4 members (excludes halogenated alkanes) is 39. The van der Waals surface area contributed by atoms with E-state index in [4.69, 9.17) is 14.2 Å². The number of hydrogen-bond acceptors (Lipinski definition) is 6. The van der Waals surface area contributed by atoms with Gasteiger partial charge in [-0.1, -0.05) is 264 Å². The Morgan fingerprint density at radius 2 is 0.524 bits per heavy atom. The summed E-state index contributed by atoms with van der Waals surface area (Å²) in [6.45, 7) is 6.68. The molecule has 6 nitrogen and oxygen atoms in total. The standard InChI is InChI=1S/C57H108O6/c1-4-7-10-13-16-19-22-25-28-29-30-33-35-38-41-44-47-50-56(59)62-53-54(63-57(60)51-48-45-42-39-36-32-27-24-21-18-15-12-9-6-3)52-61-55(58)49-46-43-40-37-34-31-26-23-20-17-14-11-8-5-2/h24,27,54H,4-23,25-26,28-53H2,1-3H3/b27-24-/t54-/m1/s1. The Kier molecular flexibility index (Phi) is 51.2. The number of rotatable bonds is 52. The Bertz CT molecular complexity index is 978. The molecule has 0 spiro atoms. The zero-order valence-electron chi connectivity index (χ0n) is 42.6. The molecule has 0 saturated carbocycles. The second-order valence-electron chi connectivity index (χ2n) is 19.2. The van der Waals surface area contributed by atoms with E-state index in [0.29, 0.717) is 19.3 Å². The number of carbonyl (C=O) groups excluding carboxylic acids is 3. The Morgan fingerprint density at radius 3 is 0.794 bits per heavy atom. The number of hydrogen-bond donors (Lipinski definition) is 0. The average Bonchev–Trinajstić information content (AvgIpc) is 3.28. The summed E-state index contributed by atoms with van der Waals surface area (Å²) in [6.07, 6.45) is 59.1. The molecule has 1 atom stereocenters. The smallest absolute Gasteiger partial charge is 0.306 e. The quantitative estimate of drug-likeness (QED) is 0.0262. The van der Waals surface area contributed by atoms with Crippen LogP contribution in [0.15, 0.2) is 12.2 Å². The van der Waals surface area contributed by atoms with Crippen LogP contribution in [0, 0.1) is 0 Å². The van der Waals surface area contributed by atoms with Gasteiger partial charge in [-0.15, -0.1) is 0 Å². The van der Waals surface area contributed by atoms with Gasteiger partial charge < -0.3 is 14.2 Å². The van der Waals surface area contributed by atoms with Crippen molar-refractivity contribution in [2.75, 3.05) is 13.2 Å². The topological polar surface area (TPSA) is 78.9 Å². The summed E-state index contributed by atoms with van der Waals surface area (Å²) in [4.78, 5) is 38.1. The number of ether oxygens (including phenoxy) is 3. The lowest BCUT2D eigenvalue weighted by atomic mass is 10.0. The van der Waals surface area contributed by atoms with Gasteiger partial charge in [-0.05, 0) is 44.9 Å². The molecule has 0 aromatic rings. The molecule has 0 heterocycles. The molecule has 0 aromatic carbocycles. The van der Waals surface area contributed by atoms with Crippen LogP contribution in [-0.4, -0.2) is 37.2 Å². The lowest BCUT2D eigenvalue weighted by molar-refractivity contribution is -0.167. The van der Waals surface area contributed by atoms with E-state index in [-0.39, 0.29) is 31.1 Å². The molecule has 0 bridgehead atoms. The molecule has 0 radical (unpaired) electrons. The summed E-state index contributed by atoms with van der Waals surface area (Å²) >= 11 is 0. The van der Waals surface area contributed by atoms with E-state index in [1.165, 1.54) is 212 Å². The van der Waals surface area contributed by atoms with Crippen molar-refractivity contribution in [1.29, 1.82) is 0 Å². The number of carbonyl (C=O) groups is 3. The minimum Gasteiger partial charge on any atom is -0.462 e. The van der Waals surface area contributed by atoms with Crippen molar-refractivity contribution in [3.63, 3.8) is 0 Å². The fraction of sp³-hybridized carbons (Fsp3) is 0.912. The molecule has 0 aliphatic heterocycles. The molecular formula is C57H108O6. The first-order valence-corrected chi connectivity index (χ1v) is 28.2. The molecule has 0 amide bonds. The summed E-state index contributed by atoms with van der Waals surface area (Å²) in [5.74, 6) is -0.853. The summed E-state index contributed by atoms with van der Waals surface area (Å²) < 4.78 is 16.9. The van der Waals surface area contributed by atoms with E-state index in [1.54, 1.807) is 0 Å². The molecule has 0 unspecified atom stereocenters. The molecule has 0 aliphatic rings. The van der Waals surface area contributed by atoms with Gasteiger partial charge in [0.15, 0.2) is 6.10 Å². The zero-order valence-corrected chi connectivity index (χ0v) is 42.6. The fourth-order valence-electron chi connectivity index (χ4n) is 8.50. The number of allylic oxidation sites excluding steroid dienone is 2. The van der Waals surface area contributed by atoms with Crippen molar-refractivity contribution < 1.29 is 28.6 Å². The molecule has 6 heteroatoms. The summed E-state index contributed by atoms with van der Waals surface area (Å²) in [7, 11) is 0. The molecule has 0 fully saturated rings. The highest BCUT2D eigenvalue weighted by Crippen LogP contribution is 2.17. The fourth-order valence-corrected chi connectivity index (χ4v) is 8.50. The van der Waals surface area contributed by atoms with Gasteiger partial charge in [0.25, 0.3) is 0 Å². The second-order valence-corrected chi connectivity index (χ2v) is 19.2. The van der Waals surface area contributed by atoms with Crippen LogP contribution >= 0.6 is 0 Å². The van der Waals surface area contributed by atoms with Gasteiger partial charge in [-0.3, -0.25) is 14.4 Å². The molecule has 0 aliphatic carbocycles. The number of esters is 3. The molecule has 63 heavy (non-hydrogen) atoms.